The molecule has 0 aliphatic heterocycles. The highest BCUT2D eigenvalue weighted by Crippen LogP contribution is 2.37. The van der Waals surface area contributed by atoms with E-state index < -0.39 is 0 Å². The second-order valence-electron chi connectivity index (χ2n) is 10.8. The fourth-order valence-corrected chi connectivity index (χ4v) is 5.64. The number of furan rings is 1. The van der Waals surface area contributed by atoms with Crippen LogP contribution < -0.4 is 0 Å². The van der Waals surface area contributed by atoms with Crippen molar-refractivity contribution in [2.75, 3.05) is 0 Å². The summed E-state index contributed by atoms with van der Waals surface area (Å²) in [5.74, 6) is 0.543. The van der Waals surface area contributed by atoms with Gasteiger partial charge in [-0.2, -0.15) is 0 Å². The smallest absolute Gasteiger partial charge is 0.164 e. The van der Waals surface area contributed by atoms with Crippen molar-refractivity contribution >= 4 is 21.9 Å². The maximum absolute atomic E-state index is 13.7. The number of aromatic nitrogens is 3. The third-order valence-corrected chi connectivity index (χ3v) is 7.87. The molecule has 0 N–H and O–H groups in total. The fourth-order valence-electron chi connectivity index (χ4n) is 5.64. The van der Waals surface area contributed by atoms with E-state index in [1.54, 1.807) is 24.3 Å². The lowest BCUT2D eigenvalue weighted by Gasteiger charge is -2.10. The van der Waals surface area contributed by atoms with Gasteiger partial charge in [0.25, 0.3) is 0 Å². The molecule has 0 atom stereocenters. The van der Waals surface area contributed by atoms with E-state index in [0.29, 0.717) is 28.6 Å². The van der Waals surface area contributed by atoms with Crippen LogP contribution >= 0.6 is 0 Å². The Balaban J connectivity index is 1.22. The van der Waals surface area contributed by atoms with Crippen molar-refractivity contribution in [1.82, 2.24) is 15.0 Å². The number of hydrogen-bond donors (Lipinski definition) is 0. The standard InChI is InChI=1S/C39H23F2N3O/c40-30-18-14-24(15-19-30)37-42-38(25-16-20-31(41)21-17-25)44-39(43-37)29-9-4-7-27(23-29)26-6-3-8-28(22-26)32-11-5-12-34-33-10-1-2-13-35(33)45-36(32)34/h1-23H. The first-order valence-corrected chi connectivity index (χ1v) is 14.5. The largest absolute Gasteiger partial charge is 0.455 e. The molecular formula is C39H23F2N3O. The first kappa shape index (κ1) is 26.6. The van der Waals surface area contributed by atoms with E-state index >= 15 is 0 Å². The van der Waals surface area contributed by atoms with Crippen LogP contribution in [-0.4, -0.2) is 15.0 Å². The van der Waals surface area contributed by atoms with Gasteiger partial charge in [-0.05, 0) is 83.4 Å². The molecule has 0 aliphatic carbocycles. The van der Waals surface area contributed by atoms with Gasteiger partial charge in [-0.3, -0.25) is 0 Å². The Labute approximate surface area is 257 Å². The molecule has 2 aromatic heterocycles. The summed E-state index contributed by atoms with van der Waals surface area (Å²) in [5, 5.41) is 2.18. The molecule has 0 unspecified atom stereocenters. The predicted octanol–water partition coefficient (Wildman–Crippen LogP) is 10.4. The Kier molecular flexibility index (Phi) is 6.46. The molecule has 6 heteroatoms. The highest BCUT2D eigenvalue weighted by Gasteiger charge is 2.15. The maximum Gasteiger partial charge on any atom is 0.164 e. The van der Waals surface area contributed by atoms with Gasteiger partial charge in [0.15, 0.2) is 17.5 Å². The zero-order chi connectivity index (χ0) is 30.3. The van der Waals surface area contributed by atoms with Crippen molar-refractivity contribution in [2.45, 2.75) is 0 Å². The second-order valence-corrected chi connectivity index (χ2v) is 10.8. The van der Waals surface area contributed by atoms with Gasteiger partial charge in [0.2, 0.25) is 0 Å². The van der Waals surface area contributed by atoms with Crippen LogP contribution in [0.2, 0.25) is 0 Å². The summed E-state index contributed by atoms with van der Waals surface area (Å²) >= 11 is 0. The van der Waals surface area contributed by atoms with E-state index in [2.05, 4.69) is 47.4 Å². The van der Waals surface area contributed by atoms with Crippen LogP contribution in [0.3, 0.4) is 0 Å². The second kappa shape index (κ2) is 10.9. The van der Waals surface area contributed by atoms with Crippen LogP contribution in [-0.2, 0) is 0 Å². The number of halogens is 2. The van der Waals surface area contributed by atoms with Crippen molar-refractivity contribution in [3.8, 4) is 56.4 Å². The molecule has 0 aliphatic rings. The normalized spacial score (nSPS) is 11.3. The predicted molar refractivity (Wildman–Crippen MR) is 174 cm³/mol. The first-order chi connectivity index (χ1) is 22.1. The van der Waals surface area contributed by atoms with E-state index in [-0.39, 0.29) is 11.6 Å². The quantitative estimate of drug-likeness (QED) is 0.201. The summed E-state index contributed by atoms with van der Waals surface area (Å²) in [6.07, 6.45) is 0. The molecule has 0 radical (unpaired) electrons. The zero-order valence-corrected chi connectivity index (χ0v) is 23.8. The number of nitrogens with zero attached hydrogens (tertiary/aromatic N) is 3. The Bertz CT molecular complexity index is 2280. The van der Waals surface area contributed by atoms with Gasteiger partial charge in [0.1, 0.15) is 22.8 Å². The maximum atomic E-state index is 13.7. The van der Waals surface area contributed by atoms with Crippen LogP contribution in [0, 0.1) is 11.6 Å². The molecular weight excluding hydrogens is 564 g/mol. The molecule has 0 bridgehead atoms. The van der Waals surface area contributed by atoms with Gasteiger partial charge < -0.3 is 4.42 Å². The minimum absolute atomic E-state index is 0.349. The highest BCUT2D eigenvalue weighted by atomic mass is 19.1. The Morgan fingerprint density at radius 2 is 0.889 bits per heavy atom. The SMILES string of the molecule is Fc1ccc(-c2nc(-c3ccc(F)cc3)nc(-c3cccc(-c4cccc(-c5cccc6c5oc5ccccc56)c4)c3)n2)cc1. The number of para-hydroxylation sites is 2. The summed E-state index contributed by atoms with van der Waals surface area (Å²) in [6.45, 7) is 0. The van der Waals surface area contributed by atoms with Gasteiger partial charge in [0.05, 0.1) is 0 Å². The van der Waals surface area contributed by atoms with Gasteiger partial charge in [0, 0.05) is 33.0 Å². The molecule has 0 amide bonds. The lowest BCUT2D eigenvalue weighted by Crippen LogP contribution is -2.00. The third kappa shape index (κ3) is 5.02. The van der Waals surface area contributed by atoms with Crippen molar-refractivity contribution in [3.63, 3.8) is 0 Å². The lowest BCUT2D eigenvalue weighted by atomic mass is 9.97. The van der Waals surface area contributed by atoms with Crippen LogP contribution in [0.15, 0.2) is 144 Å². The van der Waals surface area contributed by atoms with E-state index in [1.165, 1.54) is 24.3 Å². The monoisotopic (exact) mass is 587 g/mol. The number of fused-ring (bicyclic) bond motifs is 3. The summed E-state index contributed by atoms with van der Waals surface area (Å²) in [6, 6.07) is 42.7. The molecule has 0 saturated carbocycles. The molecule has 8 aromatic rings. The number of benzene rings is 6. The highest BCUT2D eigenvalue weighted by molar-refractivity contribution is 6.09. The molecule has 2 heterocycles. The van der Waals surface area contributed by atoms with Gasteiger partial charge >= 0.3 is 0 Å². The van der Waals surface area contributed by atoms with E-state index in [0.717, 1.165) is 49.8 Å². The summed E-state index contributed by atoms with van der Waals surface area (Å²) in [7, 11) is 0. The lowest BCUT2D eigenvalue weighted by molar-refractivity contribution is 0.627. The Morgan fingerprint density at radius 3 is 1.53 bits per heavy atom. The van der Waals surface area contributed by atoms with E-state index in [1.807, 2.05) is 48.5 Å². The summed E-state index contributed by atoms with van der Waals surface area (Å²) in [5.41, 5.74) is 7.86. The third-order valence-electron chi connectivity index (χ3n) is 7.87. The zero-order valence-electron chi connectivity index (χ0n) is 23.8. The minimum Gasteiger partial charge on any atom is -0.455 e. The Hall–Kier alpha value is -6.01. The molecule has 4 nitrogen and oxygen atoms in total. The summed E-state index contributed by atoms with van der Waals surface area (Å²) < 4.78 is 33.7. The van der Waals surface area contributed by atoms with E-state index in [9.17, 15) is 8.78 Å². The summed E-state index contributed by atoms with van der Waals surface area (Å²) in [4.78, 5) is 14.2. The molecule has 0 spiro atoms. The molecule has 8 rings (SSSR count). The van der Waals surface area contributed by atoms with Crippen LogP contribution in [0.1, 0.15) is 0 Å². The van der Waals surface area contributed by atoms with Gasteiger partial charge in [-0.15, -0.1) is 0 Å². The first-order valence-electron chi connectivity index (χ1n) is 14.5. The van der Waals surface area contributed by atoms with Crippen LogP contribution in [0.25, 0.3) is 78.4 Å². The van der Waals surface area contributed by atoms with Crippen LogP contribution in [0.5, 0.6) is 0 Å². The number of rotatable bonds is 5. The fraction of sp³-hybridized carbons (Fsp3) is 0. The van der Waals surface area contributed by atoms with Gasteiger partial charge in [-0.25, -0.2) is 23.7 Å². The molecule has 214 valence electrons. The van der Waals surface area contributed by atoms with Gasteiger partial charge in [-0.1, -0.05) is 72.8 Å². The molecule has 0 saturated heterocycles. The average molecular weight is 588 g/mol. The van der Waals surface area contributed by atoms with Crippen molar-refractivity contribution < 1.29 is 13.2 Å². The Morgan fingerprint density at radius 1 is 0.400 bits per heavy atom. The van der Waals surface area contributed by atoms with Crippen molar-refractivity contribution in [2.24, 2.45) is 0 Å². The average Bonchev–Trinajstić information content (AvgIpc) is 3.48. The molecule has 6 aromatic carbocycles. The molecule has 0 fully saturated rings. The van der Waals surface area contributed by atoms with Crippen LogP contribution in [0.4, 0.5) is 8.78 Å². The van der Waals surface area contributed by atoms with Crippen molar-refractivity contribution in [1.29, 1.82) is 0 Å². The van der Waals surface area contributed by atoms with Crippen molar-refractivity contribution in [3.05, 3.63) is 151 Å². The molecule has 45 heavy (non-hydrogen) atoms. The topological polar surface area (TPSA) is 51.8 Å². The number of hydrogen-bond acceptors (Lipinski definition) is 4. The minimum atomic E-state index is -0.349. The van der Waals surface area contributed by atoms with E-state index in [4.69, 9.17) is 14.4 Å².